The van der Waals surface area contributed by atoms with Crippen molar-refractivity contribution >= 4 is 17.7 Å². The summed E-state index contributed by atoms with van der Waals surface area (Å²) in [4.78, 5) is 20.7. The highest BCUT2D eigenvalue weighted by molar-refractivity contribution is 8.00. The van der Waals surface area contributed by atoms with E-state index in [0.717, 1.165) is 34.5 Å². The molecule has 0 aliphatic carbocycles. The second kappa shape index (κ2) is 8.01. The van der Waals surface area contributed by atoms with Crippen LogP contribution < -0.4 is 4.74 Å². The second-order valence-corrected chi connectivity index (χ2v) is 6.72. The van der Waals surface area contributed by atoms with E-state index < -0.39 is 11.2 Å². The third-order valence-electron chi connectivity index (χ3n) is 3.77. The minimum Gasteiger partial charge on any atom is -0.497 e. The molecule has 0 fully saturated rings. The van der Waals surface area contributed by atoms with E-state index in [0.29, 0.717) is 10.7 Å². The summed E-state index contributed by atoms with van der Waals surface area (Å²) < 4.78 is 5.18. The fourth-order valence-corrected chi connectivity index (χ4v) is 3.45. The van der Waals surface area contributed by atoms with Crippen LogP contribution in [0, 0.1) is 6.92 Å². The predicted octanol–water partition coefficient (Wildman–Crippen LogP) is 4.38. The molecule has 0 bridgehead atoms. The monoisotopic (exact) mass is 366 g/mol. The Hall–Kier alpha value is -2.86. The Labute approximate surface area is 156 Å². The van der Waals surface area contributed by atoms with E-state index in [1.807, 2.05) is 55.5 Å². The SMILES string of the molecule is COc1ccc(-c2cc(C)nc(S[C@@H](C(=O)O)c3ccccc3)n2)cc1. The van der Waals surface area contributed by atoms with E-state index in [-0.39, 0.29) is 0 Å². The van der Waals surface area contributed by atoms with E-state index in [1.54, 1.807) is 19.2 Å². The molecule has 0 saturated carbocycles. The molecule has 1 atom stereocenters. The molecule has 132 valence electrons. The number of thioether (sulfide) groups is 1. The molecular formula is C20H18N2O3S. The molecule has 3 aromatic rings. The first-order valence-electron chi connectivity index (χ1n) is 8.01. The number of aryl methyl sites for hydroxylation is 1. The van der Waals surface area contributed by atoms with Gasteiger partial charge in [0.05, 0.1) is 12.8 Å². The number of hydrogen-bond donors (Lipinski definition) is 1. The van der Waals surface area contributed by atoms with Gasteiger partial charge in [0.1, 0.15) is 11.0 Å². The van der Waals surface area contributed by atoms with Crippen LogP contribution in [-0.2, 0) is 4.79 Å². The second-order valence-electron chi connectivity index (χ2n) is 5.65. The Morgan fingerprint density at radius 3 is 2.38 bits per heavy atom. The average molecular weight is 366 g/mol. The van der Waals surface area contributed by atoms with E-state index >= 15 is 0 Å². The van der Waals surface area contributed by atoms with Crippen molar-refractivity contribution in [1.29, 1.82) is 0 Å². The maximum atomic E-state index is 11.7. The Morgan fingerprint density at radius 2 is 1.77 bits per heavy atom. The van der Waals surface area contributed by atoms with Crippen LogP contribution in [0.15, 0.2) is 65.8 Å². The zero-order chi connectivity index (χ0) is 18.5. The molecule has 0 aliphatic rings. The van der Waals surface area contributed by atoms with Gasteiger partial charge >= 0.3 is 5.97 Å². The lowest BCUT2D eigenvalue weighted by molar-refractivity contribution is -0.136. The molecule has 2 aromatic carbocycles. The summed E-state index contributed by atoms with van der Waals surface area (Å²) in [6, 6.07) is 18.5. The Morgan fingerprint density at radius 1 is 1.08 bits per heavy atom. The number of aliphatic carboxylic acids is 1. The van der Waals surface area contributed by atoms with Crippen molar-refractivity contribution in [2.24, 2.45) is 0 Å². The molecule has 0 aliphatic heterocycles. The molecule has 0 spiro atoms. The Bertz CT molecular complexity index is 899. The normalized spacial score (nSPS) is 11.8. The first kappa shape index (κ1) is 17.9. The maximum absolute atomic E-state index is 11.7. The van der Waals surface area contributed by atoms with Crippen LogP contribution in [0.4, 0.5) is 0 Å². The summed E-state index contributed by atoms with van der Waals surface area (Å²) in [6.45, 7) is 1.87. The summed E-state index contributed by atoms with van der Waals surface area (Å²) in [7, 11) is 1.62. The van der Waals surface area contributed by atoms with Gasteiger partial charge in [0.2, 0.25) is 0 Å². The largest absolute Gasteiger partial charge is 0.497 e. The highest BCUT2D eigenvalue weighted by atomic mass is 32.2. The highest BCUT2D eigenvalue weighted by Gasteiger charge is 2.23. The van der Waals surface area contributed by atoms with Gasteiger partial charge in [0.25, 0.3) is 0 Å². The summed E-state index contributed by atoms with van der Waals surface area (Å²) in [6.07, 6.45) is 0. The van der Waals surface area contributed by atoms with Crippen molar-refractivity contribution < 1.29 is 14.6 Å². The van der Waals surface area contributed by atoms with Gasteiger partial charge in [0.15, 0.2) is 5.16 Å². The minimum absolute atomic E-state index is 0.437. The lowest BCUT2D eigenvalue weighted by Gasteiger charge is -2.12. The van der Waals surface area contributed by atoms with E-state index in [4.69, 9.17) is 4.74 Å². The van der Waals surface area contributed by atoms with Crippen LogP contribution >= 0.6 is 11.8 Å². The van der Waals surface area contributed by atoms with Gasteiger partial charge < -0.3 is 9.84 Å². The van der Waals surface area contributed by atoms with Crippen molar-refractivity contribution in [2.45, 2.75) is 17.3 Å². The van der Waals surface area contributed by atoms with Crippen LogP contribution in [0.25, 0.3) is 11.3 Å². The highest BCUT2D eigenvalue weighted by Crippen LogP contribution is 2.34. The van der Waals surface area contributed by atoms with Crippen LogP contribution in [-0.4, -0.2) is 28.2 Å². The van der Waals surface area contributed by atoms with Gasteiger partial charge in [-0.05, 0) is 42.8 Å². The molecular weight excluding hydrogens is 348 g/mol. The molecule has 1 N–H and O–H groups in total. The van der Waals surface area contributed by atoms with Gasteiger partial charge in [0, 0.05) is 11.3 Å². The van der Waals surface area contributed by atoms with Crippen molar-refractivity contribution in [3.63, 3.8) is 0 Å². The zero-order valence-corrected chi connectivity index (χ0v) is 15.2. The number of aromatic nitrogens is 2. The van der Waals surface area contributed by atoms with Crippen LogP contribution in [0.3, 0.4) is 0 Å². The molecule has 1 heterocycles. The lowest BCUT2D eigenvalue weighted by atomic mass is 10.1. The van der Waals surface area contributed by atoms with Gasteiger partial charge in [-0.3, -0.25) is 4.79 Å². The summed E-state index contributed by atoms with van der Waals surface area (Å²) in [5, 5.41) is 9.29. The topological polar surface area (TPSA) is 72.3 Å². The third-order valence-corrected chi connectivity index (χ3v) is 4.87. The van der Waals surface area contributed by atoms with E-state index in [9.17, 15) is 9.90 Å². The van der Waals surface area contributed by atoms with Gasteiger partial charge in [-0.2, -0.15) is 0 Å². The average Bonchev–Trinajstić information content (AvgIpc) is 2.66. The first-order valence-corrected chi connectivity index (χ1v) is 8.89. The molecule has 1 aromatic heterocycles. The molecule has 0 saturated heterocycles. The number of carbonyl (C=O) groups is 1. The number of carboxylic acid groups (broad SMARTS) is 1. The minimum atomic E-state index is -0.919. The fourth-order valence-electron chi connectivity index (χ4n) is 2.50. The van der Waals surface area contributed by atoms with E-state index in [2.05, 4.69) is 9.97 Å². The molecule has 0 amide bonds. The number of methoxy groups -OCH3 is 1. The lowest BCUT2D eigenvalue weighted by Crippen LogP contribution is -2.09. The van der Waals surface area contributed by atoms with E-state index in [1.165, 1.54) is 0 Å². The molecule has 26 heavy (non-hydrogen) atoms. The number of ether oxygens (including phenoxy) is 1. The summed E-state index contributed by atoms with van der Waals surface area (Å²) >= 11 is 1.13. The van der Waals surface area contributed by atoms with Gasteiger partial charge in [-0.25, -0.2) is 9.97 Å². The van der Waals surface area contributed by atoms with Crippen LogP contribution in [0.1, 0.15) is 16.5 Å². The van der Waals surface area contributed by atoms with Gasteiger partial charge in [-0.15, -0.1) is 0 Å². The first-order chi connectivity index (χ1) is 12.6. The predicted molar refractivity (Wildman–Crippen MR) is 101 cm³/mol. The number of nitrogens with zero attached hydrogens (tertiary/aromatic N) is 2. The van der Waals surface area contributed by atoms with Crippen LogP contribution in [0.2, 0.25) is 0 Å². The molecule has 3 rings (SSSR count). The van der Waals surface area contributed by atoms with Gasteiger partial charge in [-0.1, -0.05) is 42.1 Å². The molecule has 0 unspecified atom stereocenters. The molecule has 5 nitrogen and oxygen atoms in total. The molecule has 6 heteroatoms. The number of hydrogen-bond acceptors (Lipinski definition) is 5. The number of rotatable bonds is 6. The third kappa shape index (κ3) is 4.21. The van der Waals surface area contributed by atoms with Crippen molar-refractivity contribution in [3.8, 4) is 17.0 Å². The van der Waals surface area contributed by atoms with Crippen molar-refractivity contribution in [1.82, 2.24) is 9.97 Å². The smallest absolute Gasteiger partial charge is 0.321 e. The number of carboxylic acids is 1. The Kier molecular flexibility index (Phi) is 5.53. The standard InChI is InChI=1S/C20H18N2O3S/c1-13-12-17(14-8-10-16(25-2)11-9-14)22-20(21-13)26-18(19(23)24)15-6-4-3-5-7-15/h3-12,18H,1-2H3,(H,23,24)/t18-/m1/s1. The summed E-state index contributed by atoms with van der Waals surface area (Å²) in [5.41, 5.74) is 3.16. The Balaban J connectivity index is 1.92. The number of benzene rings is 2. The van der Waals surface area contributed by atoms with Crippen LogP contribution in [0.5, 0.6) is 5.75 Å². The maximum Gasteiger partial charge on any atom is 0.321 e. The van der Waals surface area contributed by atoms with Crippen molar-refractivity contribution in [2.75, 3.05) is 7.11 Å². The zero-order valence-electron chi connectivity index (χ0n) is 14.4. The fraction of sp³-hybridized carbons (Fsp3) is 0.150. The summed E-state index contributed by atoms with van der Waals surface area (Å²) in [5.74, 6) is -0.151. The quantitative estimate of drug-likeness (QED) is 0.516. The van der Waals surface area contributed by atoms with Crippen molar-refractivity contribution in [3.05, 3.63) is 71.9 Å². The molecule has 0 radical (unpaired) electrons.